The number of alkyl carbamates (subject to hydrolysis) is 1. The third-order valence-corrected chi connectivity index (χ3v) is 6.11. The zero-order valence-electron chi connectivity index (χ0n) is 18.4. The number of rotatable bonds is 6. The van der Waals surface area contributed by atoms with Crippen LogP contribution in [0, 0.1) is 0 Å². The largest absolute Gasteiger partial charge is 0.496 e. The van der Waals surface area contributed by atoms with Crippen LogP contribution in [0.15, 0.2) is 36.7 Å². The van der Waals surface area contributed by atoms with Crippen LogP contribution in [0.4, 0.5) is 10.5 Å². The minimum atomic E-state index is -0.364. The number of aromatic nitrogens is 2. The maximum Gasteiger partial charge on any atom is 0.407 e. The topological polar surface area (TPSA) is 86.1 Å². The van der Waals surface area contributed by atoms with Crippen molar-refractivity contribution in [2.24, 2.45) is 0 Å². The molecule has 170 valence electrons. The van der Waals surface area contributed by atoms with Crippen molar-refractivity contribution < 1.29 is 19.0 Å². The number of methoxy groups -OCH3 is 3. The van der Waals surface area contributed by atoms with E-state index in [1.165, 1.54) is 7.11 Å². The first-order valence-electron chi connectivity index (χ1n) is 10.5. The summed E-state index contributed by atoms with van der Waals surface area (Å²) in [7, 11) is 4.57. The van der Waals surface area contributed by atoms with Crippen LogP contribution >= 0.6 is 11.6 Å². The van der Waals surface area contributed by atoms with E-state index >= 15 is 0 Å². The van der Waals surface area contributed by atoms with Crippen LogP contribution < -0.4 is 20.1 Å². The molecule has 2 N–H and O–H groups in total. The van der Waals surface area contributed by atoms with Crippen molar-refractivity contribution in [2.45, 2.75) is 37.8 Å². The molecule has 1 fully saturated rings. The minimum absolute atomic E-state index is 0.170. The van der Waals surface area contributed by atoms with Crippen LogP contribution in [-0.4, -0.2) is 48.9 Å². The number of halogens is 1. The molecule has 3 aromatic rings. The first-order chi connectivity index (χ1) is 15.5. The molecule has 0 atom stereocenters. The molecule has 0 aliphatic heterocycles. The third-order valence-electron chi connectivity index (χ3n) is 5.82. The first kappa shape index (κ1) is 22.1. The van der Waals surface area contributed by atoms with Gasteiger partial charge in [0.15, 0.2) is 0 Å². The van der Waals surface area contributed by atoms with Gasteiger partial charge < -0.3 is 29.2 Å². The second-order valence-corrected chi connectivity index (χ2v) is 8.23. The van der Waals surface area contributed by atoms with E-state index in [0.717, 1.165) is 48.3 Å². The molecule has 0 radical (unpaired) electrons. The maximum absolute atomic E-state index is 11.4. The van der Waals surface area contributed by atoms with E-state index in [1.807, 2.05) is 28.9 Å². The van der Waals surface area contributed by atoms with Crippen molar-refractivity contribution in [3.63, 3.8) is 0 Å². The van der Waals surface area contributed by atoms with Gasteiger partial charge in [-0.25, -0.2) is 9.78 Å². The van der Waals surface area contributed by atoms with E-state index in [-0.39, 0.29) is 12.1 Å². The number of nitrogens with zero attached hydrogens (tertiary/aromatic N) is 2. The van der Waals surface area contributed by atoms with Crippen molar-refractivity contribution in [1.82, 2.24) is 14.7 Å². The molecule has 1 saturated carbocycles. The molecule has 0 bridgehead atoms. The smallest absolute Gasteiger partial charge is 0.407 e. The van der Waals surface area contributed by atoms with E-state index in [9.17, 15) is 4.79 Å². The van der Waals surface area contributed by atoms with Crippen LogP contribution in [0.3, 0.4) is 0 Å². The molecule has 1 aliphatic rings. The number of amides is 1. The number of hydrogen-bond donors (Lipinski definition) is 2. The molecular weight excluding hydrogens is 432 g/mol. The summed E-state index contributed by atoms with van der Waals surface area (Å²) in [4.78, 5) is 16.2. The van der Waals surface area contributed by atoms with Crippen LogP contribution in [0.5, 0.6) is 11.5 Å². The lowest BCUT2D eigenvalue weighted by Gasteiger charge is -2.29. The first-order valence-corrected chi connectivity index (χ1v) is 10.9. The molecule has 1 aromatic carbocycles. The molecular formula is C23H27ClN4O4. The number of fused-ring (bicyclic) bond motifs is 1. The van der Waals surface area contributed by atoms with E-state index in [4.69, 9.17) is 26.1 Å². The molecule has 8 nitrogen and oxygen atoms in total. The van der Waals surface area contributed by atoms with E-state index < -0.39 is 0 Å². The summed E-state index contributed by atoms with van der Waals surface area (Å²) in [6, 6.07) is 8.16. The molecule has 2 aromatic heterocycles. The highest BCUT2D eigenvalue weighted by atomic mass is 35.5. The maximum atomic E-state index is 11.4. The number of ether oxygens (including phenoxy) is 3. The molecule has 4 rings (SSSR count). The standard InChI is InChI=1S/C23H27ClN4O4/c1-30-20-12-21(31-2)18(24)11-17(20)19-13-28-9-8-16(10-22(28)27-19)25-14-4-6-15(7-5-14)26-23(29)32-3/h8-15,25H,4-7H2,1-3H3,(H,26,29). The predicted octanol–water partition coefficient (Wildman–Crippen LogP) is 4.75. The summed E-state index contributed by atoms with van der Waals surface area (Å²) >= 11 is 6.33. The van der Waals surface area contributed by atoms with E-state index in [0.29, 0.717) is 22.6 Å². The number of carbonyl (C=O) groups is 1. The average Bonchev–Trinajstić information content (AvgIpc) is 3.23. The summed E-state index contributed by atoms with van der Waals surface area (Å²) in [5.41, 5.74) is 3.39. The number of imidazole rings is 1. The summed E-state index contributed by atoms with van der Waals surface area (Å²) in [6.45, 7) is 0. The van der Waals surface area contributed by atoms with Crippen molar-refractivity contribution in [3.05, 3.63) is 41.7 Å². The Balaban J connectivity index is 1.49. The van der Waals surface area contributed by atoms with Crippen molar-refractivity contribution in [2.75, 3.05) is 26.6 Å². The number of carbonyl (C=O) groups excluding carboxylic acids is 1. The van der Waals surface area contributed by atoms with Gasteiger partial charge in [-0.3, -0.25) is 0 Å². The fourth-order valence-corrected chi connectivity index (χ4v) is 4.35. The highest BCUT2D eigenvalue weighted by Crippen LogP contribution is 2.38. The van der Waals surface area contributed by atoms with Gasteiger partial charge in [-0.1, -0.05) is 11.6 Å². The summed E-state index contributed by atoms with van der Waals surface area (Å²) in [5.74, 6) is 1.20. The van der Waals surface area contributed by atoms with Crippen LogP contribution in [0.1, 0.15) is 25.7 Å². The molecule has 1 aliphatic carbocycles. The quantitative estimate of drug-likeness (QED) is 0.554. The third kappa shape index (κ3) is 4.70. The van der Waals surface area contributed by atoms with Crippen molar-refractivity contribution >= 4 is 29.0 Å². The summed E-state index contributed by atoms with van der Waals surface area (Å²) in [5, 5.41) is 6.98. The zero-order valence-corrected chi connectivity index (χ0v) is 19.1. The Morgan fingerprint density at radius 2 is 1.78 bits per heavy atom. The summed E-state index contributed by atoms with van der Waals surface area (Å²) < 4.78 is 17.5. The van der Waals surface area contributed by atoms with Gasteiger partial charge in [-0.15, -0.1) is 0 Å². The highest BCUT2D eigenvalue weighted by molar-refractivity contribution is 6.32. The lowest BCUT2D eigenvalue weighted by Crippen LogP contribution is -2.40. The molecule has 2 heterocycles. The normalized spacial score (nSPS) is 18.2. The molecule has 0 saturated heterocycles. The monoisotopic (exact) mass is 458 g/mol. The number of benzene rings is 1. The van der Waals surface area contributed by atoms with Crippen LogP contribution in [-0.2, 0) is 4.74 Å². The van der Waals surface area contributed by atoms with Gasteiger partial charge in [0.25, 0.3) is 0 Å². The molecule has 0 spiro atoms. The molecule has 32 heavy (non-hydrogen) atoms. The molecule has 9 heteroatoms. The average molecular weight is 459 g/mol. The van der Waals surface area contributed by atoms with Gasteiger partial charge >= 0.3 is 6.09 Å². The Morgan fingerprint density at radius 3 is 2.47 bits per heavy atom. The Bertz CT molecular complexity index is 1110. The number of nitrogens with one attached hydrogen (secondary N) is 2. The SMILES string of the molecule is COC(=O)NC1CCC(Nc2ccn3cc(-c4cc(Cl)c(OC)cc4OC)nc3c2)CC1. The van der Waals surface area contributed by atoms with Crippen LogP contribution in [0.25, 0.3) is 16.9 Å². The second-order valence-electron chi connectivity index (χ2n) is 7.82. The van der Waals surface area contributed by atoms with Gasteiger partial charge in [0, 0.05) is 47.9 Å². The van der Waals surface area contributed by atoms with Gasteiger partial charge in [-0.05, 0) is 37.8 Å². The van der Waals surface area contributed by atoms with Gasteiger partial charge in [0.2, 0.25) is 0 Å². The lowest BCUT2D eigenvalue weighted by molar-refractivity contribution is 0.162. The van der Waals surface area contributed by atoms with Gasteiger partial charge in [0.1, 0.15) is 17.1 Å². The van der Waals surface area contributed by atoms with Gasteiger partial charge in [-0.2, -0.15) is 0 Å². The molecule has 0 unspecified atom stereocenters. The van der Waals surface area contributed by atoms with E-state index in [1.54, 1.807) is 26.4 Å². The number of pyridine rings is 1. The van der Waals surface area contributed by atoms with E-state index in [2.05, 4.69) is 15.4 Å². The Morgan fingerprint density at radius 1 is 1.06 bits per heavy atom. The van der Waals surface area contributed by atoms with Gasteiger partial charge in [0.05, 0.1) is 32.0 Å². The number of hydrogen-bond acceptors (Lipinski definition) is 6. The summed E-state index contributed by atoms with van der Waals surface area (Å²) in [6.07, 6.45) is 7.35. The van der Waals surface area contributed by atoms with Crippen molar-refractivity contribution in [1.29, 1.82) is 0 Å². The fraction of sp³-hybridized carbons (Fsp3) is 0.391. The second kappa shape index (κ2) is 9.56. The Hall–Kier alpha value is -3.13. The lowest BCUT2D eigenvalue weighted by atomic mass is 9.91. The number of anilines is 1. The predicted molar refractivity (Wildman–Crippen MR) is 124 cm³/mol. The van der Waals surface area contributed by atoms with Crippen LogP contribution in [0.2, 0.25) is 5.02 Å². The fourth-order valence-electron chi connectivity index (χ4n) is 4.11. The molecule has 1 amide bonds. The zero-order chi connectivity index (χ0) is 22.7. The Labute approximate surface area is 191 Å². The minimum Gasteiger partial charge on any atom is -0.496 e. The highest BCUT2D eigenvalue weighted by Gasteiger charge is 2.23. The van der Waals surface area contributed by atoms with Crippen molar-refractivity contribution in [3.8, 4) is 22.8 Å². The Kier molecular flexibility index (Phi) is 6.60.